The average molecular weight is 335 g/mol. The Kier molecular flexibility index (Phi) is 4.44. The summed E-state index contributed by atoms with van der Waals surface area (Å²) in [6.45, 7) is 1.15. The molecule has 0 bridgehead atoms. The lowest BCUT2D eigenvalue weighted by molar-refractivity contribution is -0.0328. The molecule has 22 heavy (non-hydrogen) atoms. The SMILES string of the molecule is CC(O)(c1ccc(SC(F)(F)F)cc1)c1c(F)cncc1F. The Hall–Kier alpha value is -1.67. The minimum Gasteiger partial charge on any atom is -0.380 e. The van der Waals surface area contributed by atoms with Gasteiger partial charge in [-0.2, -0.15) is 13.2 Å². The molecule has 0 amide bonds. The molecule has 1 aromatic carbocycles. The maximum atomic E-state index is 13.7. The molecule has 1 aromatic heterocycles. The summed E-state index contributed by atoms with van der Waals surface area (Å²) in [7, 11) is 0. The zero-order valence-electron chi connectivity index (χ0n) is 11.2. The molecule has 0 saturated heterocycles. The van der Waals surface area contributed by atoms with Gasteiger partial charge in [-0.15, -0.1) is 0 Å². The van der Waals surface area contributed by atoms with Crippen molar-refractivity contribution in [3.8, 4) is 0 Å². The molecule has 8 heteroatoms. The van der Waals surface area contributed by atoms with Crippen LogP contribution in [0.2, 0.25) is 0 Å². The third kappa shape index (κ3) is 3.56. The van der Waals surface area contributed by atoms with Crippen molar-refractivity contribution >= 4 is 11.8 Å². The minimum absolute atomic E-state index is 0.0584. The van der Waals surface area contributed by atoms with Crippen molar-refractivity contribution in [3.05, 3.63) is 59.4 Å². The van der Waals surface area contributed by atoms with Crippen molar-refractivity contribution in [2.24, 2.45) is 0 Å². The second-order valence-corrected chi connectivity index (χ2v) is 5.76. The van der Waals surface area contributed by atoms with E-state index in [1.807, 2.05) is 0 Å². The van der Waals surface area contributed by atoms with E-state index < -0.39 is 28.3 Å². The first-order chi connectivity index (χ1) is 10.1. The van der Waals surface area contributed by atoms with Crippen LogP contribution in [0.25, 0.3) is 0 Å². The Morgan fingerprint density at radius 3 is 1.95 bits per heavy atom. The van der Waals surface area contributed by atoms with E-state index >= 15 is 0 Å². The molecule has 1 unspecified atom stereocenters. The molecule has 0 aliphatic heterocycles. The molecular formula is C14H10F5NOS. The molecule has 2 nitrogen and oxygen atoms in total. The van der Waals surface area contributed by atoms with Crippen LogP contribution < -0.4 is 0 Å². The molecule has 0 spiro atoms. The fourth-order valence-electron chi connectivity index (χ4n) is 2.00. The number of alkyl halides is 3. The van der Waals surface area contributed by atoms with E-state index in [2.05, 4.69) is 4.98 Å². The molecule has 1 atom stereocenters. The summed E-state index contributed by atoms with van der Waals surface area (Å²) < 4.78 is 64.2. The van der Waals surface area contributed by atoms with Gasteiger partial charge < -0.3 is 5.11 Å². The van der Waals surface area contributed by atoms with Crippen LogP contribution in [0.4, 0.5) is 22.0 Å². The number of benzene rings is 1. The molecule has 0 radical (unpaired) electrons. The smallest absolute Gasteiger partial charge is 0.380 e. The topological polar surface area (TPSA) is 33.1 Å². The zero-order valence-corrected chi connectivity index (χ0v) is 12.0. The van der Waals surface area contributed by atoms with Crippen LogP contribution in [-0.4, -0.2) is 15.6 Å². The first-order valence-corrected chi connectivity index (χ1v) is 6.81. The maximum absolute atomic E-state index is 13.7. The summed E-state index contributed by atoms with van der Waals surface area (Å²) in [5.74, 6) is -2.09. The summed E-state index contributed by atoms with van der Waals surface area (Å²) >= 11 is -0.318. The molecular weight excluding hydrogens is 325 g/mol. The van der Waals surface area contributed by atoms with Crippen LogP contribution in [0.5, 0.6) is 0 Å². The number of halogens is 5. The van der Waals surface area contributed by atoms with Crippen LogP contribution in [0.15, 0.2) is 41.6 Å². The standard InChI is InChI=1S/C14H10F5NOS/c1-13(21,12-10(15)6-20-7-11(12)16)8-2-4-9(5-3-8)22-14(17,18)19/h2-7,21H,1H3. The summed E-state index contributed by atoms with van der Waals surface area (Å²) in [5.41, 5.74) is -7.03. The fraction of sp³-hybridized carbons (Fsp3) is 0.214. The summed E-state index contributed by atoms with van der Waals surface area (Å²) in [6, 6.07) is 4.62. The second-order valence-electron chi connectivity index (χ2n) is 4.62. The van der Waals surface area contributed by atoms with Gasteiger partial charge in [0.2, 0.25) is 0 Å². The highest BCUT2D eigenvalue weighted by atomic mass is 32.2. The van der Waals surface area contributed by atoms with Crippen molar-refractivity contribution in [3.63, 3.8) is 0 Å². The van der Waals surface area contributed by atoms with Gasteiger partial charge in [-0.25, -0.2) is 8.78 Å². The Morgan fingerprint density at radius 2 is 1.50 bits per heavy atom. The molecule has 2 rings (SSSR count). The lowest BCUT2D eigenvalue weighted by atomic mass is 9.88. The Morgan fingerprint density at radius 1 is 1.00 bits per heavy atom. The van der Waals surface area contributed by atoms with Gasteiger partial charge in [0.25, 0.3) is 0 Å². The number of pyridine rings is 1. The molecule has 0 aliphatic carbocycles. The summed E-state index contributed by atoms with van der Waals surface area (Å²) in [4.78, 5) is 3.22. The van der Waals surface area contributed by atoms with Gasteiger partial charge in [0.1, 0.15) is 5.60 Å². The van der Waals surface area contributed by atoms with Gasteiger partial charge in [0.05, 0.1) is 18.0 Å². The van der Waals surface area contributed by atoms with Gasteiger partial charge in [-0.3, -0.25) is 4.98 Å². The Bertz CT molecular complexity index is 650. The summed E-state index contributed by atoms with van der Waals surface area (Å²) in [5, 5.41) is 10.4. The quantitative estimate of drug-likeness (QED) is 0.673. The molecule has 0 aliphatic rings. The van der Waals surface area contributed by atoms with Crippen molar-refractivity contribution < 1.29 is 27.1 Å². The van der Waals surface area contributed by atoms with Crippen LogP contribution in [0.1, 0.15) is 18.1 Å². The van der Waals surface area contributed by atoms with Crippen LogP contribution in [-0.2, 0) is 5.60 Å². The monoisotopic (exact) mass is 335 g/mol. The highest BCUT2D eigenvalue weighted by Crippen LogP contribution is 2.38. The largest absolute Gasteiger partial charge is 0.446 e. The molecule has 1 heterocycles. The number of aromatic nitrogens is 1. The first kappa shape index (κ1) is 16.7. The molecule has 1 N–H and O–H groups in total. The van der Waals surface area contributed by atoms with Crippen molar-refractivity contribution in [2.75, 3.05) is 0 Å². The van der Waals surface area contributed by atoms with Crippen LogP contribution in [0, 0.1) is 11.6 Å². The van der Waals surface area contributed by atoms with Crippen molar-refractivity contribution in [1.82, 2.24) is 4.98 Å². The van der Waals surface area contributed by atoms with E-state index in [1.54, 1.807) is 0 Å². The van der Waals surface area contributed by atoms with Crippen LogP contribution >= 0.6 is 11.8 Å². The lowest BCUT2D eigenvalue weighted by Gasteiger charge is -2.25. The minimum atomic E-state index is -4.44. The highest BCUT2D eigenvalue weighted by molar-refractivity contribution is 8.00. The third-order valence-electron chi connectivity index (χ3n) is 2.99. The highest BCUT2D eigenvalue weighted by Gasteiger charge is 2.33. The number of hydrogen-bond acceptors (Lipinski definition) is 3. The van der Waals surface area contributed by atoms with Gasteiger partial charge in [0, 0.05) is 4.90 Å². The molecule has 0 saturated carbocycles. The van der Waals surface area contributed by atoms with Gasteiger partial charge in [-0.1, -0.05) is 12.1 Å². The fourth-order valence-corrected chi connectivity index (χ4v) is 2.54. The van der Waals surface area contributed by atoms with E-state index in [0.29, 0.717) is 0 Å². The third-order valence-corrected chi connectivity index (χ3v) is 3.73. The Balaban J connectivity index is 2.38. The van der Waals surface area contributed by atoms with E-state index in [0.717, 1.165) is 31.5 Å². The number of aliphatic hydroxyl groups is 1. The second kappa shape index (κ2) is 5.85. The predicted octanol–water partition coefficient (Wildman–Crippen LogP) is 4.23. The van der Waals surface area contributed by atoms with Crippen molar-refractivity contribution in [1.29, 1.82) is 0 Å². The first-order valence-electron chi connectivity index (χ1n) is 5.99. The molecule has 2 aromatic rings. The van der Waals surface area contributed by atoms with E-state index in [1.165, 1.54) is 12.1 Å². The number of thioether (sulfide) groups is 1. The Labute approximate surface area is 127 Å². The predicted molar refractivity (Wildman–Crippen MR) is 71.2 cm³/mol. The van der Waals surface area contributed by atoms with Gasteiger partial charge in [-0.05, 0) is 36.4 Å². The number of nitrogens with zero attached hydrogens (tertiary/aromatic N) is 1. The normalized spacial score (nSPS) is 14.7. The molecule has 0 fully saturated rings. The van der Waals surface area contributed by atoms with E-state index in [4.69, 9.17) is 0 Å². The van der Waals surface area contributed by atoms with Crippen LogP contribution in [0.3, 0.4) is 0 Å². The van der Waals surface area contributed by atoms with Gasteiger partial charge >= 0.3 is 5.51 Å². The van der Waals surface area contributed by atoms with Crippen molar-refractivity contribution in [2.45, 2.75) is 22.9 Å². The van der Waals surface area contributed by atoms with E-state index in [9.17, 15) is 27.1 Å². The van der Waals surface area contributed by atoms with Gasteiger partial charge in [0.15, 0.2) is 11.6 Å². The maximum Gasteiger partial charge on any atom is 0.446 e. The van der Waals surface area contributed by atoms with E-state index in [-0.39, 0.29) is 22.2 Å². The molecule has 118 valence electrons. The lowest BCUT2D eigenvalue weighted by Crippen LogP contribution is -2.26. The zero-order chi connectivity index (χ0) is 16.5. The summed E-state index contributed by atoms with van der Waals surface area (Å²) in [6.07, 6.45) is 1.50. The number of hydrogen-bond donors (Lipinski definition) is 1. The number of rotatable bonds is 3. The average Bonchev–Trinajstić information content (AvgIpc) is 2.36.